The first-order valence-corrected chi connectivity index (χ1v) is 13.1. The van der Waals surface area contributed by atoms with Gasteiger partial charge in [0.2, 0.25) is 5.91 Å². The van der Waals surface area contributed by atoms with Crippen LogP contribution >= 0.6 is 0 Å². The van der Waals surface area contributed by atoms with Crippen LogP contribution in [0.15, 0.2) is 103 Å². The molecule has 5 rings (SSSR count). The van der Waals surface area contributed by atoms with E-state index in [0.29, 0.717) is 6.04 Å². The molecule has 2 atom stereocenters. The van der Waals surface area contributed by atoms with Gasteiger partial charge >= 0.3 is 0 Å². The third kappa shape index (κ3) is 4.48. The molecule has 1 aliphatic carbocycles. The highest BCUT2D eigenvalue weighted by molar-refractivity contribution is 5.91. The molecule has 4 heteroatoms. The SMILES string of the molecule is Cc1n([C@H]2CC[C@@H](C(C(N)=O)(c3ccccc3)c3ccccc3)C2)cc[n+]1CCCc1ccccc1. The van der Waals surface area contributed by atoms with Gasteiger partial charge in [-0.2, -0.15) is 0 Å². The maximum absolute atomic E-state index is 13.4. The van der Waals surface area contributed by atoms with Gasteiger partial charge < -0.3 is 5.73 Å². The van der Waals surface area contributed by atoms with Crippen molar-refractivity contribution in [3.05, 3.63) is 126 Å². The minimum atomic E-state index is -0.829. The van der Waals surface area contributed by atoms with Gasteiger partial charge in [-0.1, -0.05) is 91.0 Å². The van der Waals surface area contributed by atoms with Gasteiger partial charge in [0.1, 0.15) is 23.9 Å². The molecule has 2 N–H and O–H groups in total. The number of rotatable bonds is 9. The molecule has 0 saturated heterocycles. The van der Waals surface area contributed by atoms with E-state index in [9.17, 15) is 4.79 Å². The van der Waals surface area contributed by atoms with E-state index in [0.717, 1.165) is 49.8 Å². The lowest BCUT2D eigenvalue weighted by Gasteiger charge is -2.37. The Morgan fingerprint density at radius 1 is 0.917 bits per heavy atom. The van der Waals surface area contributed by atoms with Gasteiger partial charge in [0, 0.05) is 6.92 Å². The summed E-state index contributed by atoms with van der Waals surface area (Å²) in [6.45, 7) is 3.22. The van der Waals surface area contributed by atoms with Crippen molar-refractivity contribution in [1.29, 1.82) is 0 Å². The first-order chi connectivity index (χ1) is 17.6. The second-order valence-electron chi connectivity index (χ2n) is 10.1. The monoisotopic (exact) mass is 478 g/mol. The molecule has 0 radical (unpaired) electrons. The van der Waals surface area contributed by atoms with Gasteiger partial charge in [0.05, 0.1) is 6.54 Å². The van der Waals surface area contributed by atoms with E-state index >= 15 is 0 Å². The van der Waals surface area contributed by atoms with E-state index in [4.69, 9.17) is 5.73 Å². The summed E-state index contributed by atoms with van der Waals surface area (Å²) in [6.07, 6.45) is 9.55. The van der Waals surface area contributed by atoms with E-state index < -0.39 is 5.41 Å². The summed E-state index contributed by atoms with van der Waals surface area (Å²) in [4.78, 5) is 13.4. The Balaban J connectivity index is 1.38. The average Bonchev–Trinajstić information content (AvgIpc) is 3.53. The molecule has 1 aromatic heterocycles. The maximum Gasteiger partial charge on any atom is 0.253 e. The number of aryl methyl sites for hydroxylation is 2. The van der Waals surface area contributed by atoms with Crippen LogP contribution in [0.5, 0.6) is 0 Å². The van der Waals surface area contributed by atoms with Gasteiger partial charge in [-0.3, -0.25) is 4.79 Å². The van der Waals surface area contributed by atoms with Crippen LogP contribution in [0.25, 0.3) is 0 Å². The number of nitrogens with zero attached hydrogens (tertiary/aromatic N) is 2. The number of aromatic nitrogens is 2. The fraction of sp³-hybridized carbons (Fsp3) is 0.312. The highest BCUT2D eigenvalue weighted by atomic mass is 16.1. The van der Waals surface area contributed by atoms with E-state index in [1.54, 1.807) is 0 Å². The number of carbonyl (C=O) groups excluding carboxylic acids is 1. The van der Waals surface area contributed by atoms with Crippen LogP contribution < -0.4 is 10.3 Å². The predicted molar refractivity (Wildman–Crippen MR) is 143 cm³/mol. The number of hydrogen-bond acceptors (Lipinski definition) is 1. The Kier molecular flexibility index (Phi) is 7.04. The van der Waals surface area contributed by atoms with Crippen LogP contribution in [0, 0.1) is 12.8 Å². The van der Waals surface area contributed by atoms with Crippen molar-refractivity contribution in [2.24, 2.45) is 11.7 Å². The molecule has 0 spiro atoms. The first kappa shape index (κ1) is 24.1. The molecule has 1 aliphatic rings. The number of primary amides is 1. The van der Waals surface area contributed by atoms with Crippen molar-refractivity contribution < 1.29 is 9.36 Å². The van der Waals surface area contributed by atoms with Gasteiger partial charge in [0.25, 0.3) is 5.82 Å². The van der Waals surface area contributed by atoms with Crippen LogP contribution in [0.3, 0.4) is 0 Å². The highest BCUT2D eigenvalue weighted by Gasteiger charge is 2.51. The number of benzene rings is 3. The van der Waals surface area contributed by atoms with E-state index in [1.165, 1.54) is 11.4 Å². The van der Waals surface area contributed by atoms with E-state index in [2.05, 4.69) is 83.0 Å². The van der Waals surface area contributed by atoms with Crippen LogP contribution in [0.4, 0.5) is 0 Å². The number of hydrogen-bond donors (Lipinski definition) is 1. The topological polar surface area (TPSA) is 51.9 Å². The minimum Gasteiger partial charge on any atom is -0.369 e. The summed E-state index contributed by atoms with van der Waals surface area (Å²) in [5.74, 6) is 1.15. The van der Waals surface area contributed by atoms with Crippen LogP contribution in [0.1, 0.15) is 54.2 Å². The number of imidazole rings is 1. The zero-order chi connectivity index (χ0) is 25.0. The molecule has 4 aromatic rings. The summed E-state index contributed by atoms with van der Waals surface area (Å²) in [6, 6.07) is 31.3. The Bertz CT molecular complexity index is 1240. The zero-order valence-corrected chi connectivity index (χ0v) is 21.1. The molecule has 3 aromatic carbocycles. The molecule has 1 heterocycles. The van der Waals surface area contributed by atoms with Gasteiger partial charge in [0.15, 0.2) is 0 Å². The normalized spacial score (nSPS) is 17.8. The summed E-state index contributed by atoms with van der Waals surface area (Å²) < 4.78 is 4.79. The summed E-state index contributed by atoms with van der Waals surface area (Å²) in [7, 11) is 0. The predicted octanol–water partition coefficient (Wildman–Crippen LogP) is 5.53. The Hall–Kier alpha value is -3.66. The lowest BCUT2D eigenvalue weighted by molar-refractivity contribution is -0.702. The van der Waals surface area contributed by atoms with Gasteiger partial charge in [-0.25, -0.2) is 9.13 Å². The van der Waals surface area contributed by atoms with Crippen molar-refractivity contribution in [2.75, 3.05) is 0 Å². The number of nitrogens with two attached hydrogens (primary N) is 1. The Morgan fingerprint density at radius 3 is 2.08 bits per heavy atom. The molecule has 0 bridgehead atoms. The molecule has 1 fully saturated rings. The smallest absolute Gasteiger partial charge is 0.253 e. The fourth-order valence-corrected chi connectivity index (χ4v) is 6.37. The molecular weight excluding hydrogens is 442 g/mol. The summed E-state index contributed by atoms with van der Waals surface area (Å²) in [5.41, 5.74) is 8.83. The molecule has 0 unspecified atom stereocenters. The maximum atomic E-state index is 13.4. The largest absolute Gasteiger partial charge is 0.369 e. The summed E-state index contributed by atoms with van der Waals surface area (Å²) >= 11 is 0. The Labute approximate surface area is 214 Å². The molecule has 1 amide bonds. The van der Waals surface area contributed by atoms with Gasteiger partial charge in [-0.15, -0.1) is 0 Å². The second-order valence-corrected chi connectivity index (χ2v) is 10.1. The number of amides is 1. The lowest BCUT2D eigenvalue weighted by atomic mass is 9.64. The van der Waals surface area contributed by atoms with E-state index in [-0.39, 0.29) is 11.8 Å². The van der Waals surface area contributed by atoms with E-state index in [1.807, 2.05) is 36.4 Å². The first-order valence-electron chi connectivity index (χ1n) is 13.1. The molecule has 0 aliphatic heterocycles. The zero-order valence-electron chi connectivity index (χ0n) is 21.1. The minimum absolute atomic E-state index is 0.137. The molecule has 184 valence electrons. The van der Waals surface area contributed by atoms with Crippen molar-refractivity contribution in [2.45, 2.75) is 57.0 Å². The van der Waals surface area contributed by atoms with Crippen molar-refractivity contribution in [1.82, 2.24) is 4.57 Å². The summed E-state index contributed by atoms with van der Waals surface area (Å²) in [5, 5.41) is 0. The highest BCUT2D eigenvalue weighted by Crippen LogP contribution is 2.49. The molecule has 4 nitrogen and oxygen atoms in total. The van der Waals surface area contributed by atoms with Crippen LogP contribution in [-0.4, -0.2) is 10.5 Å². The van der Waals surface area contributed by atoms with Crippen LogP contribution in [0.2, 0.25) is 0 Å². The third-order valence-electron chi connectivity index (χ3n) is 8.16. The standard InChI is InChI=1S/C32H35N3O/c1-25-34(21-11-14-26-12-5-2-6-13-26)22-23-35(25)30-20-19-29(24-30)32(31(33)36,27-15-7-3-8-16-27)28-17-9-4-10-18-28/h2-10,12-13,15-18,22-23,29-30H,11,14,19-21,24H2,1H3,(H-,33,36)/p+1/t29-,30+/m1/s1. The van der Waals surface area contributed by atoms with Crippen LogP contribution in [-0.2, 0) is 23.2 Å². The second kappa shape index (κ2) is 10.5. The van der Waals surface area contributed by atoms with Crippen molar-refractivity contribution in [3.8, 4) is 0 Å². The van der Waals surface area contributed by atoms with Crippen molar-refractivity contribution >= 4 is 5.91 Å². The lowest BCUT2D eigenvalue weighted by Crippen LogP contribution is -2.47. The fourth-order valence-electron chi connectivity index (χ4n) is 6.37. The Morgan fingerprint density at radius 2 is 1.50 bits per heavy atom. The third-order valence-corrected chi connectivity index (χ3v) is 8.16. The number of carbonyl (C=O) groups is 1. The molecule has 36 heavy (non-hydrogen) atoms. The molecule has 1 saturated carbocycles. The molecular formula is C32H36N3O+. The average molecular weight is 479 g/mol. The quantitative estimate of drug-likeness (QED) is 0.316. The van der Waals surface area contributed by atoms with Crippen molar-refractivity contribution in [3.63, 3.8) is 0 Å². The van der Waals surface area contributed by atoms with Gasteiger partial charge in [-0.05, 0) is 54.7 Å².